The Kier molecular flexibility index (Phi) is 4.74. The number of rotatable bonds is 5. The molecule has 0 aliphatic carbocycles. The molecule has 7 heteroatoms. The molecular formula is C18H18FN3O3. The van der Waals surface area contributed by atoms with E-state index in [1.165, 1.54) is 23.4 Å². The zero-order valence-electron chi connectivity index (χ0n) is 14.0. The lowest BCUT2D eigenvalue weighted by molar-refractivity contribution is -0.141. The van der Waals surface area contributed by atoms with E-state index in [2.05, 4.69) is 9.97 Å². The summed E-state index contributed by atoms with van der Waals surface area (Å²) >= 11 is 0. The van der Waals surface area contributed by atoms with E-state index in [0.29, 0.717) is 17.8 Å². The van der Waals surface area contributed by atoms with E-state index in [1.54, 1.807) is 18.2 Å². The molecule has 25 heavy (non-hydrogen) atoms. The summed E-state index contributed by atoms with van der Waals surface area (Å²) in [5, 5.41) is 0. The summed E-state index contributed by atoms with van der Waals surface area (Å²) in [7, 11) is 0. The van der Waals surface area contributed by atoms with Crippen LogP contribution in [0.5, 0.6) is 5.88 Å². The van der Waals surface area contributed by atoms with E-state index >= 15 is 0 Å². The Bertz CT molecular complexity index is 810. The van der Waals surface area contributed by atoms with Crippen LogP contribution < -0.4 is 4.74 Å². The number of Topliss-reactive ketones (excluding diaryl/α,β-unsaturated/α-hetero) is 1. The Hall–Kier alpha value is -2.83. The highest BCUT2D eigenvalue weighted by molar-refractivity contribution is 6.40. The number of carbonyl (C=O) groups excluding carboxylic acids is 2. The number of aromatic nitrogens is 2. The van der Waals surface area contributed by atoms with Gasteiger partial charge in [-0.15, -0.1) is 0 Å². The van der Waals surface area contributed by atoms with Gasteiger partial charge in [0.15, 0.2) is 0 Å². The van der Waals surface area contributed by atoms with Crippen LogP contribution in [0.4, 0.5) is 4.39 Å². The van der Waals surface area contributed by atoms with Crippen LogP contribution >= 0.6 is 0 Å². The minimum atomic E-state index is -0.631. The fourth-order valence-corrected chi connectivity index (χ4v) is 2.72. The van der Waals surface area contributed by atoms with Gasteiger partial charge in [0, 0.05) is 24.2 Å². The van der Waals surface area contributed by atoms with Gasteiger partial charge in [-0.3, -0.25) is 9.59 Å². The van der Waals surface area contributed by atoms with Crippen LogP contribution in [0.3, 0.4) is 0 Å². The SMILES string of the molecule is CC(C)N1CC(c2cc(OCc3ccccc3F)ncn2)C(=O)C1=O. The highest BCUT2D eigenvalue weighted by Gasteiger charge is 2.41. The van der Waals surface area contributed by atoms with Gasteiger partial charge in [0.1, 0.15) is 18.8 Å². The molecular weight excluding hydrogens is 325 g/mol. The molecule has 1 aromatic heterocycles. The Morgan fingerprint density at radius 3 is 2.72 bits per heavy atom. The molecule has 6 nitrogen and oxygen atoms in total. The van der Waals surface area contributed by atoms with Crippen LogP contribution in [0.15, 0.2) is 36.7 Å². The van der Waals surface area contributed by atoms with Crippen molar-refractivity contribution in [2.24, 2.45) is 0 Å². The van der Waals surface area contributed by atoms with E-state index in [1.807, 2.05) is 13.8 Å². The first-order chi connectivity index (χ1) is 12.0. The maximum atomic E-state index is 13.6. The van der Waals surface area contributed by atoms with Crippen molar-refractivity contribution in [1.29, 1.82) is 0 Å². The minimum absolute atomic E-state index is 0.0127. The smallest absolute Gasteiger partial charge is 0.290 e. The predicted octanol–water partition coefficient (Wildman–Crippen LogP) is 2.10. The molecule has 0 spiro atoms. The number of carbonyl (C=O) groups is 2. The molecule has 1 aliphatic rings. The average molecular weight is 343 g/mol. The summed E-state index contributed by atoms with van der Waals surface area (Å²) in [6.45, 7) is 4.02. The quantitative estimate of drug-likeness (QED) is 0.778. The first-order valence-corrected chi connectivity index (χ1v) is 8.00. The Morgan fingerprint density at radius 2 is 2.04 bits per heavy atom. The summed E-state index contributed by atoms with van der Waals surface area (Å²) in [6, 6.07) is 7.77. The molecule has 0 saturated carbocycles. The molecule has 1 unspecified atom stereocenters. The van der Waals surface area contributed by atoms with E-state index in [4.69, 9.17) is 4.74 Å². The van der Waals surface area contributed by atoms with Crippen molar-refractivity contribution in [3.05, 3.63) is 53.7 Å². The molecule has 0 N–H and O–H groups in total. The molecule has 1 aliphatic heterocycles. The number of ether oxygens (including phenoxy) is 1. The first kappa shape index (κ1) is 17.0. The van der Waals surface area contributed by atoms with Crippen LogP contribution in [0.2, 0.25) is 0 Å². The topological polar surface area (TPSA) is 72.4 Å². The van der Waals surface area contributed by atoms with Crippen molar-refractivity contribution in [2.45, 2.75) is 32.4 Å². The number of nitrogens with zero attached hydrogens (tertiary/aromatic N) is 3. The zero-order chi connectivity index (χ0) is 18.0. The molecule has 2 aromatic rings. The van der Waals surface area contributed by atoms with E-state index in [-0.39, 0.29) is 24.3 Å². The minimum Gasteiger partial charge on any atom is -0.473 e. The summed E-state index contributed by atoms with van der Waals surface area (Å²) in [5.41, 5.74) is 0.834. The number of likely N-dealkylation sites (tertiary alicyclic amines) is 1. The molecule has 1 amide bonds. The fourth-order valence-electron chi connectivity index (χ4n) is 2.72. The van der Waals surface area contributed by atoms with Crippen molar-refractivity contribution >= 4 is 11.7 Å². The second kappa shape index (κ2) is 6.96. The molecule has 1 atom stereocenters. The highest BCUT2D eigenvalue weighted by Crippen LogP contribution is 2.26. The Balaban J connectivity index is 1.75. The third-order valence-corrected chi connectivity index (χ3v) is 4.14. The van der Waals surface area contributed by atoms with Crippen LogP contribution in [0.25, 0.3) is 0 Å². The maximum absolute atomic E-state index is 13.6. The number of benzene rings is 1. The van der Waals surface area contributed by atoms with E-state index in [9.17, 15) is 14.0 Å². The summed E-state index contributed by atoms with van der Waals surface area (Å²) in [4.78, 5) is 33.9. The van der Waals surface area contributed by atoms with Crippen LogP contribution in [-0.4, -0.2) is 39.1 Å². The lowest BCUT2D eigenvalue weighted by atomic mass is 10.0. The van der Waals surface area contributed by atoms with Gasteiger partial charge in [0.2, 0.25) is 11.7 Å². The van der Waals surface area contributed by atoms with Gasteiger partial charge < -0.3 is 9.64 Å². The lowest BCUT2D eigenvalue weighted by Crippen LogP contribution is -2.33. The number of hydrogen-bond acceptors (Lipinski definition) is 5. The third kappa shape index (κ3) is 3.50. The van der Waals surface area contributed by atoms with Crippen LogP contribution in [0, 0.1) is 5.82 Å². The monoisotopic (exact) mass is 343 g/mol. The largest absolute Gasteiger partial charge is 0.473 e. The van der Waals surface area contributed by atoms with Gasteiger partial charge in [0.25, 0.3) is 5.91 Å². The lowest BCUT2D eigenvalue weighted by Gasteiger charge is -2.19. The van der Waals surface area contributed by atoms with E-state index < -0.39 is 17.6 Å². The van der Waals surface area contributed by atoms with Crippen molar-refractivity contribution < 1.29 is 18.7 Å². The highest BCUT2D eigenvalue weighted by atomic mass is 19.1. The number of hydrogen-bond donors (Lipinski definition) is 0. The molecule has 0 radical (unpaired) electrons. The van der Waals surface area contributed by atoms with Crippen molar-refractivity contribution in [3.63, 3.8) is 0 Å². The first-order valence-electron chi connectivity index (χ1n) is 8.00. The molecule has 1 aromatic carbocycles. The zero-order valence-corrected chi connectivity index (χ0v) is 14.0. The molecule has 2 heterocycles. The van der Waals surface area contributed by atoms with Crippen molar-refractivity contribution in [1.82, 2.24) is 14.9 Å². The summed E-state index contributed by atoms with van der Waals surface area (Å²) in [5.74, 6) is -1.73. The van der Waals surface area contributed by atoms with Gasteiger partial charge in [-0.1, -0.05) is 18.2 Å². The standard InChI is InChI=1S/C18H18FN3O3/c1-11(2)22-8-13(17(23)18(22)24)15-7-16(21-10-20-15)25-9-12-5-3-4-6-14(12)19/h3-7,10-11,13H,8-9H2,1-2H3. The molecule has 3 rings (SSSR count). The summed E-state index contributed by atoms with van der Waals surface area (Å²) in [6.07, 6.45) is 1.28. The normalized spacial score (nSPS) is 17.4. The van der Waals surface area contributed by atoms with Gasteiger partial charge in [-0.05, 0) is 19.9 Å². The third-order valence-electron chi connectivity index (χ3n) is 4.14. The second-order valence-corrected chi connectivity index (χ2v) is 6.13. The summed E-state index contributed by atoms with van der Waals surface area (Å²) < 4.78 is 19.1. The molecule has 130 valence electrons. The van der Waals surface area contributed by atoms with Crippen LogP contribution in [0.1, 0.15) is 31.0 Å². The van der Waals surface area contributed by atoms with Gasteiger partial charge in [-0.2, -0.15) is 0 Å². The number of ketones is 1. The van der Waals surface area contributed by atoms with E-state index in [0.717, 1.165) is 0 Å². The van der Waals surface area contributed by atoms with Gasteiger partial charge in [-0.25, -0.2) is 14.4 Å². The molecule has 1 saturated heterocycles. The van der Waals surface area contributed by atoms with Crippen molar-refractivity contribution in [2.75, 3.05) is 6.54 Å². The Labute approximate surface area is 144 Å². The van der Waals surface area contributed by atoms with Crippen LogP contribution in [-0.2, 0) is 16.2 Å². The number of halogens is 1. The molecule has 0 bridgehead atoms. The average Bonchev–Trinajstić information content (AvgIpc) is 2.90. The number of amides is 1. The second-order valence-electron chi connectivity index (χ2n) is 6.13. The Morgan fingerprint density at radius 1 is 1.28 bits per heavy atom. The van der Waals surface area contributed by atoms with Gasteiger partial charge >= 0.3 is 0 Å². The van der Waals surface area contributed by atoms with Gasteiger partial charge in [0.05, 0.1) is 11.6 Å². The van der Waals surface area contributed by atoms with Crippen molar-refractivity contribution in [3.8, 4) is 5.88 Å². The molecule has 1 fully saturated rings. The fraction of sp³-hybridized carbons (Fsp3) is 0.333. The maximum Gasteiger partial charge on any atom is 0.290 e. The predicted molar refractivity (Wildman–Crippen MR) is 87.4 cm³/mol.